The zero-order valence-corrected chi connectivity index (χ0v) is 25.2. The van der Waals surface area contributed by atoms with Crippen LogP contribution in [0.25, 0.3) is 0 Å². The lowest BCUT2D eigenvalue weighted by Crippen LogP contribution is -2.17. The van der Waals surface area contributed by atoms with E-state index < -0.39 is 21.6 Å². The molecule has 0 fully saturated rings. The molecule has 0 atom stereocenters. The van der Waals surface area contributed by atoms with Crippen molar-refractivity contribution >= 4 is 44.8 Å². The lowest BCUT2D eigenvalue weighted by atomic mass is 10.3. The van der Waals surface area contributed by atoms with Gasteiger partial charge < -0.3 is 14.2 Å². The molecule has 0 aliphatic heterocycles. The molecule has 1 rings (SSSR count). The molecule has 0 bridgehead atoms. The molecule has 0 aliphatic carbocycles. The molecule has 0 N–H and O–H groups in total. The summed E-state index contributed by atoms with van der Waals surface area (Å²) in [6, 6.07) is 4.78. The molecular formula is C22H38Cl2O11P2. The van der Waals surface area contributed by atoms with Gasteiger partial charge in [-0.25, -0.2) is 13.9 Å². The minimum Gasteiger partial charge on any atom is -0.480 e. The molecule has 1 aromatic rings. The van der Waals surface area contributed by atoms with Crippen LogP contribution in [0, 0.1) is 0 Å². The summed E-state index contributed by atoms with van der Waals surface area (Å²) in [4.78, 5) is 11.4. The van der Waals surface area contributed by atoms with E-state index in [-0.39, 0.29) is 39.6 Å². The summed E-state index contributed by atoms with van der Waals surface area (Å²) >= 11 is 11.7. The van der Waals surface area contributed by atoms with Gasteiger partial charge in [-0.15, -0.1) is 0 Å². The molecule has 1 aromatic carbocycles. The van der Waals surface area contributed by atoms with Gasteiger partial charge in [-0.1, -0.05) is 36.5 Å². The Kier molecular flexibility index (Phi) is 20.7. The smallest absolute Gasteiger partial charge is 0.480 e. The van der Waals surface area contributed by atoms with Crippen molar-refractivity contribution in [3.63, 3.8) is 0 Å². The Morgan fingerprint density at radius 1 is 0.811 bits per heavy atom. The number of carbonyl (C=O) groups is 1. The number of halogens is 2. The van der Waals surface area contributed by atoms with E-state index >= 15 is 0 Å². The molecule has 0 saturated heterocycles. The molecule has 11 nitrogen and oxygen atoms in total. The highest BCUT2D eigenvalue weighted by molar-refractivity contribution is 7.62. The van der Waals surface area contributed by atoms with Crippen LogP contribution in [0.2, 0.25) is 10.0 Å². The Morgan fingerprint density at radius 2 is 1.35 bits per heavy atom. The Morgan fingerprint density at radius 3 is 1.81 bits per heavy atom. The molecule has 15 heteroatoms. The van der Waals surface area contributed by atoms with Crippen LogP contribution in [-0.2, 0) is 45.8 Å². The Balaban J connectivity index is 0.000000712. The van der Waals surface area contributed by atoms with E-state index in [0.717, 1.165) is 12.8 Å². The van der Waals surface area contributed by atoms with E-state index in [1.807, 2.05) is 0 Å². The first-order valence-corrected chi connectivity index (χ1v) is 15.6. The van der Waals surface area contributed by atoms with Crippen LogP contribution in [0.5, 0.6) is 5.75 Å². The molecule has 0 heterocycles. The van der Waals surface area contributed by atoms with Crippen LogP contribution in [-0.4, -0.2) is 58.8 Å². The number of phosphoric ester groups is 2. The number of unbranched alkanes of at least 4 members (excludes halogenated alkanes) is 1. The SMILES string of the molecule is CCCCOCCOC(=O)COc1ccc(Cl)cc1Cl.CCOP(=O)(OCC)OP(=O)(OCC)OCC. The fraction of sp³-hybridized carbons (Fsp3) is 0.682. The number of carbonyl (C=O) groups excluding carboxylic acids is 1. The Labute approximate surface area is 229 Å². The maximum Gasteiger partial charge on any atom is 0.483 e. The average Bonchev–Trinajstić information content (AvgIpc) is 2.81. The van der Waals surface area contributed by atoms with Crippen molar-refractivity contribution in [2.45, 2.75) is 47.5 Å². The third-order valence-electron chi connectivity index (χ3n) is 3.72. The third-order valence-corrected chi connectivity index (χ3v) is 8.15. The average molecular weight is 611 g/mol. The normalized spacial score (nSPS) is 11.5. The number of rotatable bonds is 19. The number of hydrogen-bond acceptors (Lipinski definition) is 11. The molecule has 0 saturated carbocycles. The molecule has 0 aromatic heterocycles. The maximum atomic E-state index is 12.0. The first-order valence-electron chi connectivity index (χ1n) is 11.9. The molecule has 0 unspecified atom stereocenters. The number of benzene rings is 1. The van der Waals surface area contributed by atoms with Crippen LogP contribution < -0.4 is 4.74 Å². The fourth-order valence-corrected chi connectivity index (χ4v) is 5.87. The van der Waals surface area contributed by atoms with Gasteiger partial charge >= 0.3 is 21.6 Å². The molecule has 37 heavy (non-hydrogen) atoms. The second-order valence-electron chi connectivity index (χ2n) is 6.70. The van der Waals surface area contributed by atoms with Gasteiger partial charge in [0, 0.05) is 11.6 Å². The number of ether oxygens (including phenoxy) is 3. The van der Waals surface area contributed by atoms with Gasteiger partial charge in [-0.3, -0.25) is 18.1 Å². The zero-order valence-electron chi connectivity index (χ0n) is 21.9. The third kappa shape index (κ3) is 17.5. The van der Waals surface area contributed by atoms with E-state index in [1.54, 1.807) is 45.9 Å². The van der Waals surface area contributed by atoms with Crippen LogP contribution >= 0.6 is 38.8 Å². The number of esters is 1. The molecular weight excluding hydrogens is 573 g/mol. The van der Waals surface area contributed by atoms with Crippen LogP contribution in [0.4, 0.5) is 0 Å². The minimum atomic E-state index is -3.91. The van der Waals surface area contributed by atoms with Crippen LogP contribution in [0.3, 0.4) is 0 Å². The summed E-state index contributed by atoms with van der Waals surface area (Å²) in [5, 5.41) is 0.863. The molecule has 0 aliphatic rings. The standard InChI is InChI=1S/C14H18Cl2O4.C8H20O7P2/c1-2-3-6-18-7-8-19-14(17)10-20-13-5-4-11(15)9-12(13)16;1-5-11-16(9,12-6-2)15-17(10,13-7-3)14-8-4/h4-5,9H,2-3,6-8,10H2,1H3;5-8H2,1-4H3. The zero-order chi connectivity index (χ0) is 28.2. The van der Waals surface area contributed by atoms with Crippen molar-refractivity contribution < 1.29 is 50.5 Å². The van der Waals surface area contributed by atoms with Crippen molar-refractivity contribution in [1.29, 1.82) is 0 Å². The predicted molar refractivity (Wildman–Crippen MR) is 141 cm³/mol. The van der Waals surface area contributed by atoms with Crippen molar-refractivity contribution in [3.05, 3.63) is 28.2 Å². The summed E-state index contributed by atoms with van der Waals surface area (Å²) in [5.74, 6) is -0.0673. The number of phosphoric acid groups is 2. The highest BCUT2D eigenvalue weighted by Crippen LogP contribution is 2.65. The topological polar surface area (TPSA) is 125 Å². The quantitative estimate of drug-likeness (QED) is 0.0904. The van der Waals surface area contributed by atoms with Crippen molar-refractivity contribution in [2.75, 3.05) is 52.9 Å². The van der Waals surface area contributed by atoms with E-state index in [1.165, 1.54) is 0 Å². The van der Waals surface area contributed by atoms with E-state index in [0.29, 0.717) is 29.0 Å². The van der Waals surface area contributed by atoms with Gasteiger partial charge in [-0.05, 0) is 52.3 Å². The molecule has 216 valence electrons. The fourth-order valence-electron chi connectivity index (χ4n) is 2.26. The Hall–Kier alpha value is -0.710. The summed E-state index contributed by atoms with van der Waals surface area (Å²) in [6.45, 7) is 10.0. The van der Waals surface area contributed by atoms with Gasteiger partial charge in [-0.2, -0.15) is 4.31 Å². The van der Waals surface area contributed by atoms with Crippen molar-refractivity contribution in [1.82, 2.24) is 0 Å². The Bertz CT molecular complexity index is 810. The van der Waals surface area contributed by atoms with Gasteiger partial charge in [0.05, 0.1) is 38.1 Å². The van der Waals surface area contributed by atoms with Gasteiger partial charge in [0.25, 0.3) is 0 Å². The molecule has 0 radical (unpaired) electrons. The van der Waals surface area contributed by atoms with Crippen LogP contribution in [0.15, 0.2) is 18.2 Å². The molecule has 0 spiro atoms. The lowest BCUT2D eigenvalue weighted by molar-refractivity contribution is -0.147. The maximum absolute atomic E-state index is 12.0. The van der Waals surface area contributed by atoms with Crippen LogP contribution in [0.1, 0.15) is 47.5 Å². The number of hydrogen-bond donors (Lipinski definition) is 0. The monoisotopic (exact) mass is 610 g/mol. The summed E-state index contributed by atoms with van der Waals surface area (Å²) < 4.78 is 63.6. The van der Waals surface area contributed by atoms with Gasteiger partial charge in [0.2, 0.25) is 0 Å². The molecule has 0 amide bonds. The van der Waals surface area contributed by atoms with E-state index in [2.05, 4.69) is 6.92 Å². The van der Waals surface area contributed by atoms with E-state index in [4.69, 9.17) is 59.8 Å². The van der Waals surface area contributed by atoms with Gasteiger partial charge in [0.15, 0.2) is 6.61 Å². The summed E-state index contributed by atoms with van der Waals surface area (Å²) in [7, 11) is -7.83. The largest absolute Gasteiger partial charge is 0.483 e. The first kappa shape index (κ1) is 36.3. The first-order chi connectivity index (χ1) is 17.6. The lowest BCUT2D eigenvalue weighted by Gasteiger charge is -2.21. The van der Waals surface area contributed by atoms with E-state index in [9.17, 15) is 13.9 Å². The van der Waals surface area contributed by atoms with Crippen molar-refractivity contribution in [2.24, 2.45) is 0 Å². The van der Waals surface area contributed by atoms with Gasteiger partial charge in [0.1, 0.15) is 12.4 Å². The summed E-state index contributed by atoms with van der Waals surface area (Å²) in [6.07, 6.45) is 2.08. The predicted octanol–water partition coefficient (Wildman–Crippen LogP) is 7.10. The van der Waals surface area contributed by atoms with Crippen molar-refractivity contribution in [3.8, 4) is 5.75 Å². The highest BCUT2D eigenvalue weighted by Gasteiger charge is 2.39. The second-order valence-corrected chi connectivity index (χ2v) is 11.0. The minimum absolute atomic E-state index is 0.0928. The summed E-state index contributed by atoms with van der Waals surface area (Å²) in [5.41, 5.74) is 0. The highest BCUT2D eigenvalue weighted by atomic mass is 35.5. The second kappa shape index (κ2) is 21.2.